The molecule has 1 aromatic rings. The number of halogens is 2. The predicted molar refractivity (Wildman–Crippen MR) is 68.8 cm³/mol. The van der Waals surface area contributed by atoms with Crippen LogP contribution in [0, 0.1) is 11.6 Å². The molecule has 0 fully saturated rings. The molecular weight excluding hydrogens is 257 g/mol. The Morgan fingerprint density at radius 1 is 0.947 bits per heavy atom. The van der Waals surface area contributed by atoms with Gasteiger partial charge >= 0.3 is 7.12 Å². The van der Waals surface area contributed by atoms with E-state index < -0.39 is 35.4 Å². The monoisotopic (exact) mass is 276 g/mol. The van der Waals surface area contributed by atoms with Crippen LogP contribution < -0.4 is 5.46 Å². The molecule has 0 aliphatic heterocycles. The zero-order chi connectivity index (χ0) is 15.4. The molecule has 0 bridgehead atoms. The largest absolute Gasteiger partial charge is 0.491 e. The van der Waals surface area contributed by atoms with Crippen LogP contribution in [0.2, 0.25) is 0 Å². The first-order valence-electron chi connectivity index (χ1n) is 5.62. The van der Waals surface area contributed by atoms with Gasteiger partial charge in [-0.05, 0) is 45.9 Å². The van der Waals surface area contributed by atoms with Gasteiger partial charge in [0.05, 0.1) is 11.2 Å². The van der Waals surface area contributed by atoms with E-state index in [1.165, 1.54) is 0 Å². The van der Waals surface area contributed by atoms with E-state index in [1.807, 2.05) is 0 Å². The Morgan fingerprint density at radius 2 is 1.37 bits per heavy atom. The van der Waals surface area contributed by atoms with Gasteiger partial charge in [0.15, 0.2) is 0 Å². The van der Waals surface area contributed by atoms with Gasteiger partial charge in [-0.1, -0.05) is 0 Å². The van der Waals surface area contributed by atoms with Crippen molar-refractivity contribution in [2.45, 2.75) is 38.9 Å². The number of hydrogen-bond acceptors (Lipinski definition) is 4. The Hall–Kier alpha value is -1.02. The zero-order valence-electron chi connectivity index (χ0n) is 11.4. The van der Waals surface area contributed by atoms with Gasteiger partial charge in [0, 0.05) is 5.46 Å². The lowest BCUT2D eigenvalue weighted by atomic mass is 9.80. The average Bonchev–Trinajstić information content (AvgIpc) is 2.19. The molecule has 1 aromatic carbocycles. The van der Waals surface area contributed by atoms with Gasteiger partial charge in [-0.15, -0.1) is 0 Å². The number of rotatable bonds is 2. The smallest absolute Gasteiger partial charge is 0.423 e. The summed E-state index contributed by atoms with van der Waals surface area (Å²) in [5, 5.41) is 35.2. The molecule has 0 saturated carbocycles. The third-order valence-corrected chi connectivity index (χ3v) is 2.73. The van der Waals surface area contributed by atoms with Gasteiger partial charge in [-0.3, -0.25) is 0 Å². The fraction of sp³-hybridized carbons (Fsp3) is 0.500. The minimum atomic E-state index is -1.97. The minimum Gasteiger partial charge on any atom is -0.423 e. The molecule has 0 aliphatic rings. The van der Waals surface area contributed by atoms with Crippen LogP contribution in [-0.2, 0) is 0 Å². The first-order chi connectivity index (χ1) is 8.36. The predicted octanol–water partition coefficient (Wildman–Crippen LogP) is 0.173. The van der Waals surface area contributed by atoms with Gasteiger partial charge < -0.3 is 20.3 Å². The fourth-order valence-corrected chi connectivity index (χ4v) is 0.712. The SMILES string of the molecule is CC(C)(O)C(C)(C)O.OB(O)c1cc(F)ccc1F. The van der Waals surface area contributed by atoms with Crippen molar-refractivity contribution in [3.63, 3.8) is 0 Å². The normalized spacial score (nSPS) is 11.7. The van der Waals surface area contributed by atoms with Crippen LogP contribution >= 0.6 is 0 Å². The van der Waals surface area contributed by atoms with Gasteiger partial charge in [-0.25, -0.2) is 8.78 Å². The molecule has 0 amide bonds. The van der Waals surface area contributed by atoms with Crippen molar-refractivity contribution in [1.82, 2.24) is 0 Å². The number of aliphatic hydroxyl groups is 2. The molecule has 7 heteroatoms. The molecule has 0 radical (unpaired) electrons. The average molecular weight is 276 g/mol. The summed E-state index contributed by atoms with van der Waals surface area (Å²) in [6.07, 6.45) is 0. The maximum Gasteiger partial charge on any atom is 0.491 e. The summed E-state index contributed by atoms with van der Waals surface area (Å²) in [7, 11) is -1.97. The highest BCUT2D eigenvalue weighted by Gasteiger charge is 2.31. The highest BCUT2D eigenvalue weighted by atomic mass is 19.1. The molecule has 19 heavy (non-hydrogen) atoms. The molecule has 4 nitrogen and oxygen atoms in total. The van der Waals surface area contributed by atoms with Crippen LogP contribution in [-0.4, -0.2) is 38.6 Å². The maximum absolute atomic E-state index is 12.5. The van der Waals surface area contributed by atoms with Gasteiger partial charge in [0.2, 0.25) is 0 Å². The van der Waals surface area contributed by atoms with Gasteiger partial charge in [-0.2, -0.15) is 0 Å². The van der Waals surface area contributed by atoms with Crippen molar-refractivity contribution in [1.29, 1.82) is 0 Å². The van der Waals surface area contributed by atoms with E-state index in [1.54, 1.807) is 27.7 Å². The zero-order valence-corrected chi connectivity index (χ0v) is 11.4. The molecule has 1 rings (SSSR count). The first kappa shape index (κ1) is 18.0. The third-order valence-electron chi connectivity index (χ3n) is 2.73. The molecular formula is C12H19BF2O4. The van der Waals surface area contributed by atoms with Gasteiger partial charge in [0.25, 0.3) is 0 Å². The topological polar surface area (TPSA) is 80.9 Å². The quantitative estimate of drug-likeness (QED) is 0.581. The number of benzene rings is 1. The van der Waals surface area contributed by atoms with E-state index in [4.69, 9.17) is 20.3 Å². The molecule has 0 aliphatic carbocycles. The molecule has 0 atom stereocenters. The van der Waals surface area contributed by atoms with Crippen molar-refractivity contribution in [2.24, 2.45) is 0 Å². The maximum atomic E-state index is 12.5. The molecule has 0 unspecified atom stereocenters. The lowest BCUT2D eigenvalue weighted by Crippen LogP contribution is -2.44. The Bertz CT molecular complexity index is 399. The highest BCUT2D eigenvalue weighted by molar-refractivity contribution is 6.58. The van der Waals surface area contributed by atoms with Crippen molar-refractivity contribution in [3.05, 3.63) is 29.8 Å². The Kier molecular flexibility index (Phi) is 6.08. The van der Waals surface area contributed by atoms with E-state index in [0.717, 1.165) is 18.2 Å². The van der Waals surface area contributed by atoms with Crippen LogP contribution in [0.15, 0.2) is 18.2 Å². The van der Waals surface area contributed by atoms with Crippen molar-refractivity contribution >= 4 is 12.6 Å². The van der Waals surface area contributed by atoms with E-state index in [9.17, 15) is 8.78 Å². The van der Waals surface area contributed by atoms with Crippen molar-refractivity contribution in [3.8, 4) is 0 Å². The van der Waals surface area contributed by atoms with Crippen LogP contribution in [0.4, 0.5) is 8.78 Å². The van der Waals surface area contributed by atoms with Gasteiger partial charge in [0.1, 0.15) is 11.6 Å². The van der Waals surface area contributed by atoms with E-state index in [-0.39, 0.29) is 0 Å². The standard InChI is InChI=1S/C6H5BF2O2.C6H14O2/c8-4-1-2-6(9)5(3-4)7(10)11;1-5(2,7)6(3,4)8/h1-3,10-11H;7-8H,1-4H3. The van der Waals surface area contributed by atoms with E-state index >= 15 is 0 Å². The summed E-state index contributed by atoms with van der Waals surface area (Å²) in [5.74, 6) is -1.53. The summed E-state index contributed by atoms with van der Waals surface area (Å²) in [6, 6.07) is 2.48. The molecule has 0 aromatic heterocycles. The molecule has 4 N–H and O–H groups in total. The molecule has 0 heterocycles. The Morgan fingerprint density at radius 3 is 1.63 bits per heavy atom. The van der Waals surface area contributed by atoms with Crippen LogP contribution in [0.3, 0.4) is 0 Å². The van der Waals surface area contributed by atoms with E-state index in [2.05, 4.69) is 0 Å². The van der Waals surface area contributed by atoms with Crippen LogP contribution in [0.1, 0.15) is 27.7 Å². The second-order valence-electron chi connectivity index (χ2n) is 5.16. The molecule has 0 spiro atoms. The summed E-state index contributed by atoms with van der Waals surface area (Å²) >= 11 is 0. The summed E-state index contributed by atoms with van der Waals surface area (Å²) in [4.78, 5) is 0. The fourth-order valence-electron chi connectivity index (χ4n) is 0.712. The van der Waals surface area contributed by atoms with E-state index in [0.29, 0.717) is 0 Å². The minimum absolute atomic E-state index is 0.454. The summed E-state index contributed by atoms with van der Waals surface area (Å²) in [6.45, 7) is 6.31. The Balaban J connectivity index is 0.000000362. The number of hydrogen-bond donors (Lipinski definition) is 4. The summed E-state index contributed by atoms with van der Waals surface area (Å²) < 4.78 is 24.9. The third kappa shape index (κ3) is 6.11. The van der Waals surface area contributed by atoms with Crippen molar-refractivity contribution in [2.75, 3.05) is 0 Å². The lowest BCUT2D eigenvalue weighted by molar-refractivity contribution is -0.107. The first-order valence-corrected chi connectivity index (χ1v) is 5.62. The Labute approximate surface area is 111 Å². The van der Waals surface area contributed by atoms with Crippen LogP contribution in [0.5, 0.6) is 0 Å². The molecule has 108 valence electrons. The summed E-state index contributed by atoms with van der Waals surface area (Å²) in [5.41, 5.74) is -2.47. The second kappa shape index (κ2) is 6.43. The lowest BCUT2D eigenvalue weighted by Gasteiger charge is -2.31. The van der Waals surface area contributed by atoms with Crippen molar-refractivity contribution < 1.29 is 29.0 Å². The second-order valence-corrected chi connectivity index (χ2v) is 5.16. The molecule has 0 saturated heterocycles. The van der Waals surface area contributed by atoms with Crippen LogP contribution in [0.25, 0.3) is 0 Å². The highest BCUT2D eigenvalue weighted by Crippen LogP contribution is 2.19.